The van der Waals surface area contributed by atoms with Crippen molar-refractivity contribution < 1.29 is 91.4 Å². The number of aromatic carboxylic acids is 2. The van der Waals surface area contributed by atoms with E-state index < -0.39 is 153 Å². The van der Waals surface area contributed by atoms with Crippen molar-refractivity contribution in [2.24, 2.45) is 0 Å². The van der Waals surface area contributed by atoms with Crippen molar-refractivity contribution >= 4 is 34.0 Å². The topological polar surface area (TPSA) is 221 Å². The minimum absolute atomic E-state index is 0.00327. The predicted octanol–water partition coefficient (Wildman–Crippen LogP) is 12.6. The van der Waals surface area contributed by atoms with Crippen LogP contribution in [-0.2, 0) is 48.6 Å². The number of carboxylic acid groups (broad SMARTS) is 2. The first-order valence-electron chi connectivity index (χ1n) is 26.1. The molecule has 0 unspecified atom stereocenters. The zero-order chi connectivity index (χ0) is 64.8. The lowest BCUT2D eigenvalue weighted by molar-refractivity contribution is 0.0686. The Balaban J connectivity index is 0.000000213. The van der Waals surface area contributed by atoms with Crippen molar-refractivity contribution in [1.29, 1.82) is 10.5 Å². The van der Waals surface area contributed by atoms with Gasteiger partial charge in [-0.05, 0) is 84.9 Å². The van der Waals surface area contributed by atoms with Gasteiger partial charge in [-0.2, -0.15) is 10.5 Å². The lowest BCUT2D eigenvalue weighted by Crippen LogP contribution is -2.11. The van der Waals surface area contributed by atoms with Crippen molar-refractivity contribution in [2.45, 2.75) is 39.1 Å². The second kappa shape index (κ2) is 27.0. The third-order valence-electron chi connectivity index (χ3n) is 13.8. The van der Waals surface area contributed by atoms with E-state index in [9.17, 15) is 46.1 Å². The number of halogens is 12. The number of methoxy groups -OCH3 is 2. The van der Waals surface area contributed by atoms with E-state index >= 15 is 26.3 Å². The summed E-state index contributed by atoms with van der Waals surface area (Å²) < 4.78 is 202. The highest BCUT2D eigenvalue weighted by Crippen LogP contribution is 2.35. The predicted molar refractivity (Wildman–Crippen MR) is 293 cm³/mol. The van der Waals surface area contributed by atoms with Gasteiger partial charge in [-0.3, -0.25) is 0 Å². The Morgan fingerprint density at radius 1 is 0.467 bits per heavy atom. The Kier molecular flexibility index (Phi) is 19.1. The average Bonchev–Trinajstić information content (AvgIpc) is 1.56. The van der Waals surface area contributed by atoms with Crippen molar-refractivity contribution in [2.75, 3.05) is 27.4 Å². The number of nitrogens with zero attached hydrogens (tertiary/aromatic N) is 8. The number of ether oxygens (including phenoxy) is 4. The summed E-state index contributed by atoms with van der Waals surface area (Å²) in [6, 6.07) is 19.3. The van der Waals surface area contributed by atoms with Gasteiger partial charge in [0.05, 0.1) is 70.0 Å². The fourth-order valence-corrected chi connectivity index (χ4v) is 9.23. The van der Waals surface area contributed by atoms with Crippen LogP contribution >= 0.6 is 0 Å². The molecule has 0 spiro atoms. The van der Waals surface area contributed by atoms with E-state index in [0.29, 0.717) is 12.1 Å². The number of hydrogen-bond acceptors (Lipinski definition) is 12. The summed E-state index contributed by atoms with van der Waals surface area (Å²) in [5.74, 6) is -18.7. The SMILES string of the molecule is COCCn1c(Cc2c(F)cc(-c3ccc(F)c(OCc4ccc(C#N)cc4F)n3)c(F)c2F)nc2c(F)cc(C(=O)O)cc21.COCCn1c(Cc2c(F)cc(-c3ccc(F)c(OCc4ccc(C#N)cc4F)n3)c(F)c2F)nc2c(F)cc(C(=O)O)cc21. The van der Waals surface area contributed by atoms with Crippen LogP contribution in [0.25, 0.3) is 44.6 Å². The zero-order valence-electron chi connectivity index (χ0n) is 46.4. The molecule has 90 heavy (non-hydrogen) atoms. The molecule has 0 amide bonds. The normalized spacial score (nSPS) is 11.2. The van der Waals surface area contributed by atoms with Crippen LogP contribution in [0.5, 0.6) is 11.8 Å². The maximum absolute atomic E-state index is 15.4. The van der Waals surface area contributed by atoms with Crippen molar-refractivity contribution in [3.8, 4) is 46.4 Å². The van der Waals surface area contributed by atoms with Crippen LogP contribution in [0.15, 0.2) is 97.1 Å². The van der Waals surface area contributed by atoms with E-state index in [1.165, 1.54) is 47.6 Å². The van der Waals surface area contributed by atoms with Gasteiger partial charge in [-0.15, -0.1) is 0 Å². The van der Waals surface area contributed by atoms with E-state index in [1.807, 2.05) is 0 Å². The maximum atomic E-state index is 15.4. The number of fused-ring (bicyclic) bond motifs is 2. The second-order valence-electron chi connectivity index (χ2n) is 19.4. The smallest absolute Gasteiger partial charge is 0.335 e. The van der Waals surface area contributed by atoms with Gasteiger partial charge in [-0.1, -0.05) is 12.1 Å². The Morgan fingerprint density at radius 3 is 1.20 bits per heavy atom. The molecule has 460 valence electrons. The van der Waals surface area contributed by atoms with Gasteiger partial charge in [0, 0.05) is 73.5 Å². The van der Waals surface area contributed by atoms with Gasteiger partial charge in [0.25, 0.3) is 11.8 Å². The van der Waals surface area contributed by atoms with Gasteiger partial charge in [0.1, 0.15) is 59.2 Å². The molecule has 0 saturated carbocycles. The summed E-state index contributed by atoms with van der Waals surface area (Å²) >= 11 is 0. The monoisotopic (exact) mass is 1250 g/mol. The minimum atomic E-state index is -1.62. The Bertz CT molecular complexity index is 4300. The Morgan fingerprint density at radius 2 is 0.856 bits per heavy atom. The molecule has 4 aromatic heterocycles. The molecule has 0 aliphatic rings. The highest BCUT2D eigenvalue weighted by molar-refractivity contribution is 5.93. The quantitative estimate of drug-likeness (QED) is 0.0536. The molecule has 10 rings (SSSR count). The molecule has 2 N–H and O–H groups in total. The van der Waals surface area contributed by atoms with Gasteiger partial charge in [0.15, 0.2) is 46.5 Å². The summed E-state index contributed by atoms with van der Waals surface area (Å²) in [6.07, 6.45) is -1.31. The van der Waals surface area contributed by atoms with Crippen LogP contribution in [-0.4, -0.2) is 78.7 Å². The van der Waals surface area contributed by atoms with Gasteiger partial charge in [0.2, 0.25) is 0 Å². The number of nitriles is 2. The number of rotatable bonds is 20. The van der Waals surface area contributed by atoms with Crippen LogP contribution in [0.4, 0.5) is 52.7 Å². The molecule has 28 heteroatoms. The van der Waals surface area contributed by atoms with Crippen LogP contribution < -0.4 is 9.47 Å². The maximum Gasteiger partial charge on any atom is 0.335 e. The molecule has 0 aliphatic heterocycles. The Labute approximate surface area is 499 Å². The summed E-state index contributed by atoms with van der Waals surface area (Å²) in [5, 5.41) is 36.4. The standard InChI is InChI=1S/2C31H20F6N4O4/c2*1-44-7-6-41-25-10-17(31(42)43)9-23(35)29(25)40-26(41)12-18-22(34)11-19(28(37)27(18)36)24-5-4-20(32)30(39-24)45-14-16-3-2-15(13-38)8-21(16)33/h2*2-5,8-11H,6-7,12,14H2,1H3,(H,42,43). The van der Waals surface area contributed by atoms with Crippen molar-refractivity contribution in [3.05, 3.63) is 223 Å². The molecular weight excluding hydrogens is 1210 g/mol. The molecule has 0 atom stereocenters. The largest absolute Gasteiger partial charge is 0.478 e. The summed E-state index contributed by atoms with van der Waals surface area (Å²) in [7, 11) is 2.75. The highest BCUT2D eigenvalue weighted by atomic mass is 19.2. The molecule has 0 aliphatic carbocycles. The van der Waals surface area contributed by atoms with E-state index in [-0.39, 0.29) is 93.4 Å². The fraction of sp³-hybridized carbons (Fsp3) is 0.161. The van der Waals surface area contributed by atoms with E-state index in [2.05, 4.69) is 19.9 Å². The first-order chi connectivity index (χ1) is 43.0. The summed E-state index contributed by atoms with van der Waals surface area (Å²) in [5.41, 5.74) is -4.86. The number of imidazole rings is 2. The van der Waals surface area contributed by atoms with Gasteiger partial charge < -0.3 is 38.3 Å². The van der Waals surface area contributed by atoms with E-state index in [0.717, 1.165) is 60.7 Å². The molecule has 0 bridgehead atoms. The first kappa shape index (κ1) is 63.7. The van der Waals surface area contributed by atoms with E-state index in [4.69, 9.17) is 29.5 Å². The molecule has 10 aromatic rings. The molecule has 0 radical (unpaired) electrons. The second-order valence-corrected chi connectivity index (χ2v) is 19.4. The van der Waals surface area contributed by atoms with Crippen LogP contribution in [0.3, 0.4) is 0 Å². The lowest BCUT2D eigenvalue weighted by Gasteiger charge is -2.13. The average molecular weight is 1250 g/mol. The zero-order valence-corrected chi connectivity index (χ0v) is 46.4. The third-order valence-corrected chi connectivity index (χ3v) is 13.8. The summed E-state index contributed by atoms with van der Waals surface area (Å²) in [4.78, 5) is 38.8. The lowest BCUT2D eigenvalue weighted by atomic mass is 10.0. The molecule has 0 saturated heterocycles. The third kappa shape index (κ3) is 13.3. The molecule has 0 fully saturated rings. The highest BCUT2D eigenvalue weighted by Gasteiger charge is 2.28. The van der Waals surface area contributed by atoms with Gasteiger partial charge in [-0.25, -0.2) is 82.2 Å². The number of pyridine rings is 2. The fourth-order valence-electron chi connectivity index (χ4n) is 9.23. The number of aromatic nitrogens is 6. The minimum Gasteiger partial charge on any atom is -0.478 e. The van der Waals surface area contributed by atoms with Crippen molar-refractivity contribution in [1.82, 2.24) is 29.1 Å². The van der Waals surface area contributed by atoms with E-state index in [1.54, 1.807) is 12.1 Å². The molecule has 4 heterocycles. The molecule has 16 nitrogen and oxygen atoms in total. The molecular formula is C62H40F12N8O8. The van der Waals surface area contributed by atoms with Crippen LogP contribution in [0, 0.1) is 92.5 Å². The van der Waals surface area contributed by atoms with Gasteiger partial charge >= 0.3 is 11.9 Å². The van der Waals surface area contributed by atoms with Crippen molar-refractivity contribution in [3.63, 3.8) is 0 Å². The molecule has 6 aromatic carbocycles. The number of carboxylic acids is 2. The van der Waals surface area contributed by atoms with Crippen LogP contribution in [0.2, 0.25) is 0 Å². The number of carbonyl (C=O) groups is 2. The number of hydrogen-bond donors (Lipinski definition) is 2. The Hall–Kier alpha value is -10.8. The summed E-state index contributed by atoms with van der Waals surface area (Å²) in [6.45, 7) is -0.934. The van der Waals surface area contributed by atoms with Crippen LogP contribution in [0.1, 0.15) is 65.7 Å². The first-order valence-corrected chi connectivity index (χ1v) is 26.1. The number of benzene rings is 6.